The summed E-state index contributed by atoms with van der Waals surface area (Å²) in [7, 11) is 1.64. The zero-order chi connectivity index (χ0) is 10.8. The molecule has 1 aromatic rings. The van der Waals surface area contributed by atoms with Crippen LogP contribution in [0.4, 0.5) is 13.2 Å². The lowest BCUT2D eigenvalue weighted by Gasteiger charge is -2.13. The van der Waals surface area contributed by atoms with Gasteiger partial charge >= 0.3 is 0 Å². The van der Waals surface area contributed by atoms with Gasteiger partial charge in [0, 0.05) is 19.0 Å². The third-order valence-corrected chi connectivity index (χ3v) is 1.92. The van der Waals surface area contributed by atoms with Gasteiger partial charge in [-0.15, -0.1) is 0 Å². The Hall–Kier alpha value is -1.03. The van der Waals surface area contributed by atoms with Crippen LogP contribution in [0, 0.1) is 5.82 Å². The molecule has 0 saturated heterocycles. The van der Waals surface area contributed by atoms with Gasteiger partial charge in [0.1, 0.15) is 5.82 Å². The van der Waals surface area contributed by atoms with Crippen LogP contribution in [0.2, 0.25) is 0 Å². The molecule has 0 bridgehead atoms. The smallest absolute Gasteiger partial charge is 0.273 e. The maximum atomic E-state index is 13.4. The van der Waals surface area contributed by atoms with Crippen molar-refractivity contribution < 1.29 is 13.2 Å². The van der Waals surface area contributed by atoms with Crippen LogP contribution in [0.3, 0.4) is 0 Å². The standard InChI is InChI=1S/C10H12F3N/c1-10(12,13)8-5-3-4-7(6-14-2)9(8)11/h3-5,14H,6H2,1-2H3. The van der Waals surface area contributed by atoms with Crippen LogP contribution in [0.15, 0.2) is 18.2 Å². The van der Waals surface area contributed by atoms with E-state index in [1.54, 1.807) is 7.05 Å². The summed E-state index contributed by atoms with van der Waals surface area (Å²) < 4.78 is 39.2. The minimum absolute atomic E-state index is 0.246. The van der Waals surface area contributed by atoms with Gasteiger partial charge < -0.3 is 5.32 Å². The number of hydrogen-bond acceptors (Lipinski definition) is 1. The topological polar surface area (TPSA) is 12.0 Å². The van der Waals surface area contributed by atoms with Gasteiger partial charge in [-0.25, -0.2) is 13.2 Å². The second-order valence-electron chi connectivity index (χ2n) is 3.20. The predicted octanol–water partition coefficient (Wildman–Crippen LogP) is 2.66. The van der Waals surface area contributed by atoms with Gasteiger partial charge in [0.25, 0.3) is 5.92 Å². The maximum absolute atomic E-state index is 13.4. The molecule has 1 aromatic carbocycles. The summed E-state index contributed by atoms with van der Waals surface area (Å²) in [6.07, 6.45) is 0. The summed E-state index contributed by atoms with van der Waals surface area (Å²) >= 11 is 0. The van der Waals surface area contributed by atoms with Gasteiger partial charge in [-0.3, -0.25) is 0 Å². The molecule has 1 N–H and O–H groups in total. The van der Waals surface area contributed by atoms with Crippen molar-refractivity contribution in [3.05, 3.63) is 35.1 Å². The van der Waals surface area contributed by atoms with Crippen LogP contribution < -0.4 is 5.32 Å². The van der Waals surface area contributed by atoms with Gasteiger partial charge in [0.05, 0.1) is 5.56 Å². The fourth-order valence-electron chi connectivity index (χ4n) is 1.25. The largest absolute Gasteiger partial charge is 0.316 e. The monoisotopic (exact) mass is 203 g/mol. The Balaban J connectivity index is 3.14. The quantitative estimate of drug-likeness (QED) is 0.796. The highest BCUT2D eigenvalue weighted by Crippen LogP contribution is 2.30. The summed E-state index contributed by atoms with van der Waals surface area (Å²) in [5, 5.41) is 2.72. The molecule has 1 nitrogen and oxygen atoms in total. The first-order valence-electron chi connectivity index (χ1n) is 4.27. The van der Waals surface area contributed by atoms with Crippen LogP contribution >= 0.6 is 0 Å². The number of alkyl halides is 2. The number of rotatable bonds is 3. The van der Waals surface area contributed by atoms with E-state index in [-0.39, 0.29) is 12.1 Å². The second kappa shape index (κ2) is 4.00. The molecule has 4 heteroatoms. The summed E-state index contributed by atoms with van der Waals surface area (Å²) in [4.78, 5) is 0. The van der Waals surface area contributed by atoms with Gasteiger partial charge in [-0.05, 0) is 7.05 Å². The highest BCUT2D eigenvalue weighted by Gasteiger charge is 2.28. The zero-order valence-electron chi connectivity index (χ0n) is 8.07. The van der Waals surface area contributed by atoms with Gasteiger partial charge in [-0.1, -0.05) is 18.2 Å². The minimum atomic E-state index is -3.13. The van der Waals surface area contributed by atoms with E-state index in [1.165, 1.54) is 12.1 Å². The number of benzene rings is 1. The molecular formula is C10H12F3N. The van der Waals surface area contributed by atoms with Crippen molar-refractivity contribution in [2.75, 3.05) is 7.05 Å². The van der Waals surface area contributed by atoms with Crippen molar-refractivity contribution in [2.24, 2.45) is 0 Å². The summed E-state index contributed by atoms with van der Waals surface area (Å²) in [6, 6.07) is 4.03. The molecule has 0 aromatic heterocycles. The molecule has 0 atom stereocenters. The van der Waals surface area contributed by atoms with Crippen LogP contribution in [0.5, 0.6) is 0 Å². The number of halogens is 3. The van der Waals surface area contributed by atoms with Crippen LogP contribution in [0.1, 0.15) is 18.1 Å². The average Bonchev–Trinajstić information content (AvgIpc) is 2.07. The molecule has 0 heterocycles. The zero-order valence-corrected chi connectivity index (χ0v) is 8.07. The molecular weight excluding hydrogens is 191 g/mol. The van der Waals surface area contributed by atoms with Crippen molar-refractivity contribution in [3.8, 4) is 0 Å². The maximum Gasteiger partial charge on any atom is 0.273 e. The van der Waals surface area contributed by atoms with E-state index in [4.69, 9.17) is 0 Å². The van der Waals surface area contributed by atoms with Crippen molar-refractivity contribution >= 4 is 0 Å². The van der Waals surface area contributed by atoms with Crippen LogP contribution in [-0.2, 0) is 12.5 Å². The van der Waals surface area contributed by atoms with E-state index in [9.17, 15) is 13.2 Å². The Morgan fingerprint density at radius 3 is 2.50 bits per heavy atom. The van der Waals surface area contributed by atoms with E-state index >= 15 is 0 Å². The fraction of sp³-hybridized carbons (Fsp3) is 0.400. The highest BCUT2D eigenvalue weighted by atomic mass is 19.3. The molecule has 78 valence electrons. The first kappa shape index (κ1) is 11.0. The van der Waals surface area contributed by atoms with Crippen molar-refractivity contribution in [2.45, 2.75) is 19.4 Å². The van der Waals surface area contributed by atoms with Gasteiger partial charge in [0.2, 0.25) is 0 Å². The van der Waals surface area contributed by atoms with E-state index in [2.05, 4.69) is 5.32 Å². The van der Waals surface area contributed by atoms with Crippen LogP contribution in [-0.4, -0.2) is 7.05 Å². The second-order valence-corrected chi connectivity index (χ2v) is 3.20. The summed E-state index contributed by atoms with van der Waals surface area (Å²) in [5.41, 5.74) is -0.295. The van der Waals surface area contributed by atoms with E-state index in [0.29, 0.717) is 6.92 Å². The van der Waals surface area contributed by atoms with Crippen molar-refractivity contribution in [1.29, 1.82) is 0 Å². The first-order chi connectivity index (χ1) is 6.46. The molecule has 14 heavy (non-hydrogen) atoms. The molecule has 0 aliphatic heterocycles. The molecule has 1 rings (SSSR count). The molecule has 0 fully saturated rings. The Labute approximate surface area is 80.9 Å². The molecule has 0 amide bonds. The van der Waals surface area contributed by atoms with E-state index in [1.807, 2.05) is 0 Å². The predicted molar refractivity (Wildman–Crippen MR) is 48.7 cm³/mol. The normalized spacial score (nSPS) is 11.8. The lowest BCUT2D eigenvalue weighted by Crippen LogP contribution is -2.14. The molecule has 0 aliphatic rings. The molecule has 0 unspecified atom stereocenters. The Bertz CT molecular complexity index is 318. The van der Waals surface area contributed by atoms with Gasteiger partial charge in [-0.2, -0.15) is 0 Å². The number of hydrogen-bond donors (Lipinski definition) is 1. The molecule has 0 spiro atoms. The van der Waals surface area contributed by atoms with E-state index in [0.717, 1.165) is 6.07 Å². The SMILES string of the molecule is CNCc1cccc(C(C)(F)F)c1F. The average molecular weight is 203 g/mol. The van der Waals surface area contributed by atoms with E-state index < -0.39 is 17.3 Å². The lowest BCUT2D eigenvalue weighted by molar-refractivity contribution is 0.0136. The summed E-state index contributed by atoms with van der Waals surface area (Å²) in [5.74, 6) is -3.96. The van der Waals surface area contributed by atoms with Crippen molar-refractivity contribution in [1.82, 2.24) is 5.32 Å². The third-order valence-electron chi connectivity index (χ3n) is 1.92. The first-order valence-corrected chi connectivity index (χ1v) is 4.27. The Morgan fingerprint density at radius 2 is 2.00 bits per heavy atom. The molecule has 0 saturated carbocycles. The fourth-order valence-corrected chi connectivity index (χ4v) is 1.25. The minimum Gasteiger partial charge on any atom is -0.316 e. The highest BCUT2D eigenvalue weighted by molar-refractivity contribution is 5.28. The Morgan fingerprint density at radius 1 is 1.36 bits per heavy atom. The molecule has 0 radical (unpaired) electrons. The lowest BCUT2D eigenvalue weighted by atomic mass is 10.1. The van der Waals surface area contributed by atoms with Gasteiger partial charge in [0.15, 0.2) is 0 Å². The number of nitrogens with one attached hydrogen (secondary N) is 1. The Kier molecular flexibility index (Phi) is 3.16. The third kappa shape index (κ3) is 2.26. The molecule has 0 aliphatic carbocycles. The summed E-state index contributed by atoms with van der Waals surface area (Å²) in [6.45, 7) is 0.935. The van der Waals surface area contributed by atoms with Crippen molar-refractivity contribution in [3.63, 3.8) is 0 Å². The van der Waals surface area contributed by atoms with Crippen LogP contribution in [0.25, 0.3) is 0 Å².